The Morgan fingerprint density at radius 1 is 1.25 bits per heavy atom. The molecule has 4 heteroatoms. The van der Waals surface area contributed by atoms with Gasteiger partial charge in [0.15, 0.2) is 0 Å². The van der Waals surface area contributed by atoms with Crippen molar-refractivity contribution in [2.24, 2.45) is 17.6 Å². The van der Waals surface area contributed by atoms with Crippen molar-refractivity contribution in [3.05, 3.63) is 0 Å². The van der Waals surface area contributed by atoms with E-state index in [0.717, 1.165) is 51.9 Å². The van der Waals surface area contributed by atoms with Gasteiger partial charge in [-0.1, -0.05) is 0 Å². The van der Waals surface area contributed by atoms with Gasteiger partial charge in [-0.2, -0.15) is 0 Å². The minimum absolute atomic E-state index is 0.172. The van der Waals surface area contributed by atoms with Gasteiger partial charge in [0.2, 0.25) is 5.91 Å². The zero-order valence-corrected chi connectivity index (χ0v) is 9.78. The molecule has 0 bridgehead atoms. The largest absolute Gasteiger partial charge is 0.381 e. The average molecular weight is 226 g/mol. The second-order valence-electron chi connectivity index (χ2n) is 5.01. The van der Waals surface area contributed by atoms with Crippen LogP contribution in [-0.4, -0.2) is 31.7 Å². The molecule has 1 aliphatic carbocycles. The van der Waals surface area contributed by atoms with Gasteiger partial charge in [-0.15, -0.1) is 0 Å². The summed E-state index contributed by atoms with van der Waals surface area (Å²) in [5.41, 5.74) is 5.64. The summed E-state index contributed by atoms with van der Waals surface area (Å²) >= 11 is 0. The summed E-state index contributed by atoms with van der Waals surface area (Å²) < 4.78 is 5.26. The summed E-state index contributed by atoms with van der Waals surface area (Å²) in [5.74, 6) is 1.01. The minimum atomic E-state index is 0.172. The molecule has 2 rings (SSSR count). The molecule has 0 aromatic rings. The molecule has 2 fully saturated rings. The maximum atomic E-state index is 12.0. The molecular weight excluding hydrogens is 204 g/mol. The Balaban J connectivity index is 1.74. The standard InChI is InChI=1S/C12H22N2O2/c13-8-9-1-2-11(7-9)14-12(15)10-3-5-16-6-4-10/h9-11H,1-8,13H2,(H,14,15)/t9-,11+/m1/s1. The smallest absolute Gasteiger partial charge is 0.223 e. The van der Waals surface area contributed by atoms with E-state index in [-0.39, 0.29) is 11.8 Å². The summed E-state index contributed by atoms with van der Waals surface area (Å²) in [6.07, 6.45) is 5.06. The van der Waals surface area contributed by atoms with Gasteiger partial charge in [-0.25, -0.2) is 0 Å². The van der Waals surface area contributed by atoms with Crippen LogP contribution in [0.3, 0.4) is 0 Å². The van der Waals surface area contributed by atoms with E-state index in [2.05, 4.69) is 5.32 Å². The number of hydrogen-bond donors (Lipinski definition) is 2. The predicted octanol–water partition coefficient (Wildman–Crippen LogP) is 0.657. The summed E-state index contributed by atoms with van der Waals surface area (Å²) in [7, 11) is 0. The highest BCUT2D eigenvalue weighted by Crippen LogP contribution is 2.25. The van der Waals surface area contributed by atoms with Crippen molar-refractivity contribution in [3.63, 3.8) is 0 Å². The monoisotopic (exact) mass is 226 g/mol. The zero-order valence-electron chi connectivity index (χ0n) is 9.78. The van der Waals surface area contributed by atoms with Gasteiger partial charge in [0.1, 0.15) is 0 Å². The molecule has 1 heterocycles. The maximum absolute atomic E-state index is 12.0. The van der Waals surface area contributed by atoms with Gasteiger partial charge >= 0.3 is 0 Å². The summed E-state index contributed by atoms with van der Waals surface area (Å²) in [4.78, 5) is 12.0. The molecule has 0 radical (unpaired) electrons. The Morgan fingerprint density at radius 3 is 2.62 bits per heavy atom. The normalized spacial score (nSPS) is 31.6. The molecule has 16 heavy (non-hydrogen) atoms. The third-order valence-corrected chi connectivity index (χ3v) is 3.81. The lowest BCUT2D eigenvalue weighted by Gasteiger charge is -2.23. The van der Waals surface area contributed by atoms with Crippen LogP contribution in [0.15, 0.2) is 0 Å². The number of rotatable bonds is 3. The quantitative estimate of drug-likeness (QED) is 0.743. The number of hydrogen-bond acceptors (Lipinski definition) is 3. The number of nitrogens with two attached hydrogens (primary N) is 1. The summed E-state index contributed by atoms with van der Waals surface area (Å²) in [6, 6.07) is 0.365. The van der Waals surface area contributed by atoms with Crippen LogP contribution >= 0.6 is 0 Å². The highest BCUT2D eigenvalue weighted by atomic mass is 16.5. The van der Waals surface area contributed by atoms with Crippen LogP contribution in [0.4, 0.5) is 0 Å². The van der Waals surface area contributed by atoms with Crippen LogP contribution in [0.25, 0.3) is 0 Å². The minimum Gasteiger partial charge on any atom is -0.381 e. The van der Waals surface area contributed by atoms with E-state index in [0.29, 0.717) is 12.0 Å². The third kappa shape index (κ3) is 2.95. The third-order valence-electron chi connectivity index (χ3n) is 3.81. The van der Waals surface area contributed by atoms with Crippen molar-refractivity contribution in [1.82, 2.24) is 5.32 Å². The molecule has 0 unspecified atom stereocenters. The highest BCUT2D eigenvalue weighted by Gasteiger charge is 2.28. The molecule has 2 aliphatic rings. The van der Waals surface area contributed by atoms with Crippen LogP contribution < -0.4 is 11.1 Å². The van der Waals surface area contributed by atoms with Crippen molar-refractivity contribution < 1.29 is 9.53 Å². The van der Waals surface area contributed by atoms with Crippen molar-refractivity contribution in [1.29, 1.82) is 0 Å². The zero-order chi connectivity index (χ0) is 11.4. The lowest BCUT2D eigenvalue weighted by Crippen LogP contribution is -2.39. The average Bonchev–Trinajstić information content (AvgIpc) is 2.78. The Morgan fingerprint density at radius 2 is 2.00 bits per heavy atom. The fourth-order valence-corrected chi connectivity index (χ4v) is 2.70. The second kappa shape index (κ2) is 5.64. The first-order chi connectivity index (χ1) is 7.79. The lowest BCUT2D eigenvalue weighted by atomic mass is 9.99. The molecule has 1 saturated heterocycles. The first-order valence-corrected chi connectivity index (χ1v) is 6.37. The molecule has 1 saturated carbocycles. The molecule has 2 atom stereocenters. The first-order valence-electron chi connectivity index (χ1n) is 6.37. The van der Waals surface area contributed by atoms with E-state index in [9.17, 15) is 4.79 Å². The van der Waals surface area contributed by atoms with Crippen molar-refractivity contribution in [2.75, 3.05) is 19.8 Å². The summed E-state index contributed by atoms with van der Waals surface area (Å²) in [5, 5.41) is 3.16. The SMILES string of the molecule is NC[C@@H]1CC[C@H](NC(=O)C2CCOCC2)C1. The fourth-order valence-electron chi connectivity index (χ4n) is 2.70. The molecule has 1 aliphatic heterocycles. The molecule has 4 nitrogen and oxygen atoms in total. The highest BCUT2D eigenvalue weighted by molar-refractivity contribution is 5.79. The van der Waals surface area contributed by atoms with Crippen LogP contribution in [0, 0.1) is 11.8 Å². The number of carbonyl (C=O) groups excluding carboxylic acids is 1. The van der Waals surface area contributed by atoms with Crippen LogP contribution in [0.1, 0.15) is 32.1 Å². The van der Waals surface area contributed by atoms with Crippen molar-refractivity contribution in [3.8, 4) is 0 Å². The Bertz CT molecular complexity index is 239. The van der Waals surface area contributed by atoms with Gasteiger partial charge < -0.3 is 15.8 Å². The molecule has 92 valence electrons. The van der Waals surface area contributed by atoms with E-state index in [1.807, 2.05) is 0 Å². The van der Waals surface area contributed by atoms with Gasteiger partial charge in [-0.05, 0) is 44.6 Å². The maximum Gasteiger partial charge on any atom is 0.223 e. The van der Waals surface area contributed by atoms with E-state index < -0.39 is 0 Å². The Labute approximate surface area is 96.9 Å². The molecular formula is C12H22N2O2. The van der Waals surface area contributed by atoms with Gasteiger partial charge in [-0.3, -0.25) is 4.79 Å². The first kappa shape index (κ1) is 11.9. The number of carbonyl (C=O) groups is 1. The molecule has 3 N–H and O–H groups in total. The topological polar surface area (TPSA) is 64.3 Å². The van der Waals surface area contributed by atoms with E-state index in [4.69, 9.17) is 10.5 Å². The molecule has 0 aromatic heterocycles. The molecule has 0 aromatic carbocycles. The Hall–Kier alpha value is -0.610. The van der Waals surface area contributed by atoms with E-state index in [1.54, 1.807) is 0 Å². The molecule has 0 spiro atoms. The van der Waals surface area contributed by atoms with Crippen molar-refractivity contribution in [2.45, 2.75) is 38.1 Å². The fraction of sp³-hybridized carbons (Fsp3) is 0.917. The molecule has 1 amide bonds. The summed E-state index contributed by atoms with van der Waals surface area (Å²) in [6.45, 7) is 2.21. The second-order valence-corrected chi connectivity index (χ2v) is 5.01. The van der Waals surface area contributed by atoms with Crippen LogP contribution in [0.2, 0.25) is 0 Å². The van der Waals surface area contributed by atoms with Crippen molar-refractivity contribution >= 4 is 5.91 Å². The Kier molecular flexibility index (Phi) is 4.18. The van der Waals surface area contributed by atoms with E-state index >= 15 is 0 Å². The lowest BCUT2D eigenvalue weighted by molar-refractivity contribution is -0.128. The predicted molar refractivity (Wildman–Crippen MR) is 61.9 cm³/mol. The van der Waals surface area contributed by atoms with Crippen LogP contribution in [-0.2, 0) is 9.53 Å². The van der Waals surface area contributed by atoms with Crippen LogP contribution in [0.5, 0.6) is 0 Å². The number of nitrogens with one attached hydrogen (secondary N) is 1. The number of ether oxygens (including phenoxy) is 1. The van der Waals surface area contributed by atoms with Gasteiger partial charge in [0, 0.05) is 25.2 Å². The number of amides is 1. The van der Waals surface area contributed by atoms with E-state index in [1.165, 1.54) is 0 Å². The van der Waals surface area contributed by atoms with Gasteiger partial charge in [0.05, 0.1) is 0 Å². The van der Waals surface area contributed by atoms with Gasteiger partial charge in [0.25, 0.3) is 0 Å².